The van der Waals surface area contributed by atoms with E-state index in [4.69, 9.17) is 5.11 Å². The van der Waals surface area contributed by atoms with Crippen LogP contribution < -0.4 is 4.90 Å². The minimum atomic E-state index is -1.08. The van der Waals surface area contributed by atoms with Gasteiger partial charge in [0.2, 0.25) is 0 Å². The van der Waals surface area contributed by atoms with Crippen LogP contribution in [0.2, 0.25) is 0 Å². The van der Waals surface area contributed by atoms with Crippen LogP contribution in [-0.4, -0.2) is 52.5 Å². The third kappa shape index (κ3) is 3.95. The van der Waals surface area contributed by atoms with E-state index in [1.165, 1.54) is 11.0 Å². The zero-order valence-electron chi connectivity index (χ0n) is 14.8. The summed E-state index contributed by atoms with van der Waals surface area (Å²) < 4.78 is 0. The first-order valence-corrected chi connectivity index (χ1v) is 8.93. The predicted octanol–water partition coefficient (Wildman–Crippen LogP) is 2.52. The minimum absolute atomic E-state index is 0.0825. The van der Waals surface area contributed by atoms with Crippen molar-refractivity contribution in [2.75, 3.05) is 24.5 Å². The first-order chi connectivity index (χ1) is 12.4. The van der Waals surface area contributed by atoms with Crippen molar-refractivity contribution in [3.63, 3.8) is 0 Å². The Kier molecular flexibility index (Phi) is 5.11. The number of aliphatic carboxylic acids is 1. The van der Waals surface area contributed by atoms with E-state index in [0.29, 0.717) is 11.6 Å². The van der Waals surface area contributed by atoms with E-state index >= 15 is 0 Å². The molecule has 3 rings (SSSR count). The largest absolute Gasteiger partial charge is 0.480 e. The van der Waals surface area contributed by atoms with Crippen LogP contribution in [0.15, 0.2) is 18.2 Å². The lowest BCUT2D eigenvalue weighted by Crippen LogP contribution is -2.37. The highest BCUT2D eigenvalue weighted by Crippen LogP contribution is 2.34. The van der Waals surface area contributed by atoms with Crippen LogP contribution >= 0.6 is 0 Å². The Labute approximate surface area is 151 Å². The van der Waals surface area contributed by atoms with E-state index in [-0.39, 0.29) is 23.8 Å². The Morgan fingerprint density at radius 2 is 1.92 bits per heavy atom. The van der Waals surface area contributed by atoms with Crippen molar-refractivity contribution >= 4 is 23.3 Å². The number of hydrogen-bond acceptors (Lipinski definition) is 5. The van der Waals surface area contributed by atoms with Gasteiger partial charge in [0.05, 0.1) is 4.92 Å². The maximum atomic E-state index is 12.7. The second-order valence-electron chi connectivity index (χ2n) is 7.19. The Morgan fingerprint density at radius 1 is 1.27 bits per heavy atom. The normalized spacial score (nSPS) is 17.8. The molecule has 26 heavy (non-hydrogen) atoms. The quantitative estimate of drug-likeness (QED) is 0.617. The van der Waals surface area contributed by atoms with Crippen LogP contribution in [0.1, 0.15) is 43.0 Å². The van der Waals surface area contributed by atoms with Gasteiger partial charge in [-0.15, -0.1) is 0 Å². The van der Waals surface area contributed by atoms with Crippen molar-refractivity contribution in [1.82, 2.24) is 4.90 Å². The number of nitro groups is 1. The molecule has 1 saturated heterocycles. The topological polar surface area (TPSA) is 104 Å². The van der Waals surface area contributed by atoms with Gasteiger partial charge in [0.1, 0.15) is 12.2 Å². The van der Waals surface area contributed by atoms with E-state index in [1.807, 2.05) is 4.90 Å². The number of carbonyl (C=O) groups excluding carboxylic acids is 1. The molecule has 1 heterocycles. The second-order valence-corrected chi connectivity index (χ2v) is 7.19. The molecule has 2 aliphatic rings. The highest BCUT2D eigenvalue weighted by molar-refractivity contribution is 5.97. The lowest BCUT2D eigenvalue weighted by atomic mass is 9.98. The fourth-order valence-electron chi connectivity index (χ4n) is 3.38. The van der Waals surface area contributed by atoms with Gasteiger partial charge in [-0.1, -0.05) is 6.92 Å². The van der Waals surface area contributed by atoms with Crippen molar-refractivity contribution in [3.05, 3.63) is 33.9 Å². The Hall–Kier alpha value is -2.64. The molecule has 1 amide bonds. The molecule has 1 aromatic rings. The van der Waals surface area contributed by atoms with E-state index < -0.39 is 16.8 Å². The summed E-state index contributed by atoms with van der Waals surface area (Å²) >= 11 is 0. The van der Waals surface area contributed by atoms with Crippen LogP contribution in [0, 0.1) is 16.0 Å². The standard InChI is InChI=1S/C18H23N3O5/c1-12-6-8-19(9-7-12)15-5-2-13(10-16(15)21(25)26)18(24)20(11-17(22)23)14-3-4-14/h2,5,10,12,14H,3-4,6-9,11H2,1H3,(H,22,23). The van der Waals surface area contributed by atoms with Gasteiger partial charge in [-0.05, 0) is 43.7 Å². The summed E-state index contributed by atoms with van der Waals surface area (Å²) in [6, 6.07) is 4.39. The fraction of sp³-hybridized carbons (Fsp3) is 0.556. The number of carbonyl (C=O) groups is 2. The number of benzene rings is 1. The SMILES string of the molecule is CC1CCN(c2ccc(C(=O)N(CC(=O)O)C3CC3)cc2[N+](=O)[O-])CC1. The van der Waals surface area contributed by atoms with Crippen LogP contribution in [-0.2, 0) is 4.79 Å². The summed E-state index contributed by atoms with van der Waals surface area (Å²) in [5.74, 6) is -0.940. The molecule has 1 saturated carbocycles. The number of amides is 1. The van der Waals surface area contributed by atoms with E-state index in [9.17, 15) is 19.7 Å². The molecular weight excluding hydrogens is 338 g/mol. The van der Waals surface area contributed by atoms with Gasteiger partial charge in [0, 0.05) is 30.8 Å². The molecular formula is C18H23N3O5. The Bertz CT molecular complexity index is 724. The number of piperidine rings is 1. The number of anilines is 1. The monoisotopic (exact) mass is 361 g/mol. The average Bonchev–Trinajstić information content (AvgIpc) is 3.44. The molecule has 0 aromatic heterocycles. The summed E-state index contributed by atoms with van der Waals surface area (Å²) in [6.45, 7) is 3.29. The lowest BCUT2D eigenvalue weighted by Gasteiger charge is -2.31. The summed E-state index contributed by atoms with van der Waals surface area (Å²) in [5, 5.41) is 20.6. The number of rotatable bonds is 6. The number of nitrogens with zero attached hydrogens (tertiary/aromatic N) is 3. The van der Waals surface area contributed by atoms with Gasteiger partial charge < -0.3 is 14.9 Å². The van der Waals surface area contributed by atoms with Gasteiger partial charge in [0.25, 0.3) is 11.6 Å². The fourth-order valence-corrected chi connectivity index (χ4v) is 3.38. The summed E-state index contributed by atoms with van der Waals surface area (Å²) in [4.78, 5) is 38.1. The summed E-state index contributed by atoms with van der Waals surface area (Å²) in [7, 11) is 0. The number of carboxylic acid groups (broad SMARTS) is 1. The first-order valence-electron chi connectivity index (χ1n) is 8.93. The van der Waals surface area contributed by atoms with E-state index in [0.717, 1.165) is 38.8 Å². The molecule has 8 nitrogen and oxygen atoms in total. The van der Waals surface area contributed by atoms with Crippen molar-refractivity contribution in [1.29, 1.82) is 0 Å². The van der Waals surface area contributed by atoms with E-state index in [1.54, 1.807) is 12.1 Å². The highest BCUT2D eigenvalue weighted by Gasteiger charge is 2.35. The third-order valence-electron chi connectivity index (χ3n) is 5.10. The van der Waals surface area contributed by atoms with Crippen LogP contribution in [0.25, 0.3) is 0 Å². The predicted molar refractivity (Wildman–Crippen MR) is 95.4 cm³/mol. The Balaban J connectivity index is 1.87. The zero-order valence-corrected chi connectivity index (χ0v) is 14.8. The van der Waals surface area contributed by atoms with Crippen LogP contribution in [0.3, 0.4) is 0 Å². The average molecular weight is 361 g/mol. The van der Waals surface area contributed by atoms with E-state index in [2.05, 4.69) is 6.92 Å². The lowest BCUT2D eigenvalue weighted by molar-refractivity contribution is -0.384. The molecule has 0 unspecified atom stereocenters. The van der Waals surface area contributed by atoms with Crippen molar-refractivity contribution in [3.8, 4) is 0 Å². The molecule has 1 N–H and O–H groups in total. The maximum Gasteiger partial charge on any atom is 0.323 e. The van der Waals surface area contributed by atoms with Crippen molar-refractivity contribution < 1.29 is 19.6 Å². The molecule has 1 aromatic carbocycles. The molecule has 0 radical (unpaired) electrons. The van der Waals surface area contributed by atoms with Gasteiger partial charge >= 0.3 is 5.97 Å². The van der Waals surface area contributed by atoms with Gasteiger partial charge in [-0.2, -0.15) is 0 Å². The molecule has 0 bridgehead atoms. The number of hydrogen-bond donors (Lipinski definition) is 1. The summed E-state index contributed by atoms with van der Waals surface area (Å²) in [6.07, 6.45) is 3.49. The molecule has 0 spiro atoms. The first kappa shape index (κ1) is 18.2. The molecule has 140 valence electrons. The number of nitro benzene ring substituents is 1. The smallest absolute Gasteiger partial charge is 0.323 e. The van der Waals surface area contributed by atoms with Gasteiger partial charge in [-0.3, -0.25) is 19.7 Å². The van der Waals surface area contributed by atoms with Crippen LogP contribution in [0.5, 0.6) is 0 Å². The minimum Gasteiger partial charge on any atom is -0.480 e. The van der Waals surface area contributed by atoms with Crippen molar-refractivity contribution in [2.24, 2.45) is 5.92 Å². The molecule has 8 heteroatoms. The number of carboxylic acids is 1. The highest BCUT2D eigenvalue weighted by atomic mass is 16.6. The maximum absolute atomic E-state index is 12.7. The molecule has 2 fully saturated rings. The molecule has 1 aliphatic heterocycles. The third-order valence-corrected chi connectivity index (χ3v) is 5.10. The Morgan fingerprint density at radius 3 is 2.46 bits per heavy atom. The van der Waals surface area contributed by atoms with Crippen molar-refractivity contribution in [2.45, 2.75) is 38.6 Å². The second kappa shape index (κ2) is 7.31. The zero-order chi connectivity index (χ0) is 18.8. The molecule has 1 aliphatic carbocycles. The molecule has 0 atom stereocenters. The summed E-state index contributed by atoms with van der Waals surface area (Å²) in [5.41, 5.74) is 0.588. The van der Waals surface area contributed by atoms with Crippen LogP contribution in [0.4, 0.5) is 11.4 Å². The van der Waals surface area contributed by atoms with Gasteiger partial charge in [0.15, 0.2) is 0 Å². The van der Waals surface area contributed by atoms with Gasteiger partial charge in [-0.25, -0.2) is 0 Å².